The lowest BCUT2D eigenvalue weighted by Crippen LogP contribution is -2.19. The molecule has 4 nitrogen and oxygen atoms in total. The van der Waals surface area contributed by atoms with Gasteiger partial charge in [-0.3, -0.25) is 4.68 Å². The fraction of sp³-hybridized carbons (Fsp3) is 0.438. The van der Waals surface area contributed by atoms with Gasteiger partial charge in [0.25, 0.3) is 0 Å². The number of aromatic nitrogens is 2. The third-order valence-electron chi connectivity index (χ3n) is 3.02. The monoisotopic (exact) mass is 307 g/mol. The quantitative estimate of drug-likeness (QED) is 0.813. The van der Waals surface area contributed by atoms with Gasteiger partial charge in [-0.05, 0) is 18.5 Å². The largest absolute Gasteiger partial charge is 0.491 e. The second kappa shape index (κ2) is 8.05. The van der Waals surface area contributed by atoms with E-state index in [0.717, 1.165) is 18.8 Å². The number of para-hydroxylation sites is 1. The Morgan fingerprint density at radius 1 is 1.33 bits per heavy atom. The van der Waals surface area contributed by atoms with Gasteiger partial charge in [-0.15, -0.1) is 0 Å². The first-order valence-electron chi connectivity index (χ1n) is 7.24. The van der Waals surface area contributed by atoms with Gasteiger partial charge in [-0.2, -0.15) is 5.10 Å². The Kier molecular flexibility index (Phi) is 6.08. The molecule has 0 fully saturated rings. The highest BCUT2D eigenvalue weighted by Crippen LogP contribution is 2.18. The molecule has 1 heterocycles. The predicted molar refractivity (Wildman–Crippen MR) is 85.7 cm³/mol. The van der Waals surface area contributed by atoms with Gasteiger partial charge in [0, 0.05) is 18.3 Å². The normalized spacial score (nSPS) is 11.0. The molecule has 2 aromatic rings. The summed E-state index contributed by atoms with van der Waals surface area (Å²) in [5.74, 6) is 1.56. The fourth-order valence-electron chi connectivity index (χ4n) is 2.00. The lowest BCUT2D eigenvalue weighted by Gasteiger charge is -2.13. The van der Waals surface area contributed by atoms with Crippen molar-refractivity contribution in [2.45, 2.75) is 26.9 Å². The van der Waals surface area contributed by atoms with Crippen molar-refractivity contribution in [3.05, 3.63) is 47.2 Å². The molecule has 1 aromatic heterocycles. The van der Waals surface area contributed by atoms with Gasteiger partial charge >= 0.3 is 0 Å². The Morgan fingerprint density at radius 3 is 2.86 bits per heavy atom. The molecule has 2 rings (SSSR count). The molecule has 0 radical (unpaired) electrons. The van der Waals surface area contributed by atoms with E-state index in [1.165, 1.54) is 5.56 Å². The Bertz CT molecular complexity index is 554. The Morgan fingerprint density at radius 2 is 2.14 bits per heavy atom. The van der Waals surface area contributed by atoms with E-state index in [1.54, 1.807) is 17.1 Å². The van der Waals surface area contributed by atoms with Gasteiger partial charge in [0.2, 0.25) is 0 Å². The average Bonchev–Trinajstić information content (AvgIpc) is 2.86. The highest BCUT2D eigenvalue weighted by Gasteiger charge is 2.04. The molecule has 1 N–H and O–H groups in total. The molecule has 5 heteroatoms. The summed E-state index contributed by atoms with van der Waals surface area (Å²) in [6.45, 7) is 7.47. The summed E-state index contributed by atoms with van der Waals surface area (Å²) in [6, 6.07) is 8.12. The molecule has 114 valence electrons. The minimum Gasteiger partial charge on any atom is -0.491 e. The van der Waals surface area contributed by atoms with Gasteiger partial charge < -0.3 is 10.1 Å². The van der Waals surface area contributed by atoms with Gasteiger partial charge in [0.15, 0.2) is 0 Å². The predicted octanol–water partition coefficient (Wildman–Crippen LogP) is 3.36. The molecule has 0 aliphatic carbocycles. The molecule has 0 amide bonds. The average molecular weight is 308 g/mol. The SMILES string of the molecule is CC(C)CNCc1ccccc1OCCn1cc(Cl)cn1. The Balaban J connectivity index is 1.84. The number of ether oxygens (including phenoxy) is 1. The van der Waals surface area contributed by atoms with Crippen LogP contribution in [-0.4, -0.2) is 22.9 Å². The van der Waals surface area contributed by atoms with E-state index in [-0.39, 0.29) is 0 Å². The van der Waals surface area contributed by atoms with E-state index in [1.807, 2.05) is 18.2 Å². The van der Waals surface area contributed by atoms with Crippen molar-refractivity contribution in [2.24, 2.45) is 5.92 Å². The van der Waals surface area contributed by atoms with Crippen molar-refractivity contribution in [3.8, 4) is 5.75 Å². The van der Waals surface area contributed by atoms with Crippen LogP contribution >= 0.6 is 11.6 Å². The maximum atomic E-state index is 5.86. The molecule has 0 unspecified atom stereocenters. The third kappa shape index (κ3) is 5.40. The number of nitrogens with zero attached hydrogens (tertiary/aromatic N) is 2. The smallest absolute Gasteiger partial charge is 0.123 e. The second-order valence-corrected chi connectivity index (χ2v) is 5.84. The summed E-state index contributed by atoms with van der Waals surface area (Å²) >= 11 is 5.83. The van der Waals surface area contributed by atoms with Crippen molar-refractivity contribution >= 4 is 11.6 Å². The molecular weight excluding hydrogens is 286 g/mol. The van der Waals surface area contributed by atoms with Crippen LogP contribution in [0.25, 0.3) is 0 Å². The molecule has 0 bridgehead atoms. The van der Waals surface area contributed by atoms with Crippen molar-refractivity contribution < 1.29 is 4.74 Å². The standard InChI is InChI=1S/C16H22ClN3O/c1-13(2)9-18-10-14-5-3-4-6-16(14)21-8-7-20-12-15(17)11-19-20/h3-6,11-13,18H,7-10H2,1-2H3. The van der Waals surface area contributed by atoms with E-state index in [0.29, 0.717) is 24.1 Å². The summed E-state index contributed by atoms with van der Waals surface area (Å²) in [4.78, 5) is 0. The first-order valence-corrected chi connectivity index (χ1v) is 7.62. The molecule has 1 aromatic carbocycles. The Hall–Kier alpha value is -1.52. The summed E-state index contributed by atoms with van der Waals surface area (Å²) in [6.07, 6.45) is 3.42. The summed E-state index contributed by atoms with van der Waals surface area (Å²) < 4.78 is 7.64. The zero-order valence-electron chi connectivity index (χ0n) is 12.6. The summed E-state index contributed by atoms with van der Waals surface area (Å²) in [5.41, 5.74) is 1.18. The topological polar surface area (TPSA) is 39.1 Å². The highest BCUT2D eigenvalue weighted by atomic mass is 35.5. The van der Waals surface area contributed by atoms with Crippen LogP contribution in [0.1, 0.15) is 19.4 Å². The van der Waals surface area contributed by atoms with Crippen LogP contribution in [0.4, 0.5) is 0 Å². The van der Waals surface area contributed by atoms with Crippen LogP contribution in [0.3, 0.4) is 0 Å². The van der Waals surface area contributed by atoms with Gasteiger partial charge in [-0.25, -0.2) is 0 Å². The minimum absolute atomic E-state index is 0.569. The highest BCUT2D eigenvalue weighted by molar-refractivity contribution is 6.30. The molecule has 0 aliphatic heterocycles. The number of hydrogen-bond donors (Lipinski definition) is 1. The van der Waals surface area contributed by atoms with Crippen molar-refractivity contribution in [1.29, 1.82) is 0 Å². The maximum absolute atomic E-state index is 5.86. The van der Waals surface area contributed by atoms with Gasteiger partial charge in [0.1, 0.15) is 12.4 Å². The van der Waals surface area contributed by atoms with Crippen molar-refractivity contribution in [1.82, 2.24) is 15.1 Å². The van der Waals surface area contributed by atoms with Gasteiger partial charge in [0.05, 0.1) is 17.8 Å². The van der Waals surface area contributed by atoms with E-state index < -0.39 is 0 Å². The van der Waals surface area contributed by atoms with E-state index in [4.69, 9.17) is 16.3 Å². The van der Waals surface area contributed by atoms with Crippen LogP contribution in [0.5, 0.6) is 5.75 Å². The molecule has 0 atom stereocenters. The molecular formula is C16H22ClN3O. The van der Waals surface area contributed by atoms with Crippen LogP contribution in [0.2, 0.25) is 5.02 Å². The lowest BCUT2D eigenvalue weighted by atomic mass is 10.2. The number of hydrogen-bond acceptors (Lipinski definition) is 3. The third-order valence-corrected chi connectivity index (χ3v) is 3.22. The molecule has 0 saturated heterocycles. The maximum Gasteiger partial charge on any atom is 0.123 e. The second-order valence-electron chi connectivity index (χ2n) is 5.40. The zero-order chi connectivity index (χ0) is 15.1. The van der Waals surface area contributed by atoms with Crippen molar-refractivity contribution in [3.63, 3.8) is 0 Å². The molecule has 0 aliphatic rings. The van der Waals surface area contributed by atoms with Crippen LogP contribution in [0, 0.1) is 5.92 Å². The minimum atomic E-state index is 0.569. The Labute approximate surface area is 131 Å². The first-order chi connectivity index (χ1) is 10.1. The van der Waals surface area contributed by atoms with Crippen molar-refractivity contribution in [2.75, 3.05) is 13.2 Å². The number of halogens is 1. The zero-order valence-corrected chi connectivity index (χ0v) is 13.3. The molecule has 0 saturated carbocycles. The molecule has 21 heavy (non-hydrogen) atoms. The summed E-state index contributed by atoms with van der Waals surface area (Å²) in [5, 5.41) is 8.22. The van der Waals surface area contributed by atoms with E-state index in [2.05, 4.69) is 30.3 Å². The van der Waals surface area contributed by atoms with E-state index >= 15 is 0 Å². The summed E-state index contributed by atoms with van der Waals surface area (Å²) in [7, 11) is 0. The number of nitrogens with one attached hydrogen (secondary N) is 1. The van der Waals surface area contributed by atoms with Crippen LogP contribution < -0.4 is 10.1 Å². The van der Waals surface area contributed by atoms with Gasteiger partial charge in [-0.1, -0.05) is 43.6 Å². The fourth-order valence-corrected chi connectivity index (χ4v) is 2.15. The molecule has 0 spiro atoms. The van der Waals surface area contributed by atoms with Crippen LogP contribution in [-0.2, 0) is 13.1 Å². The van der Waals surface area contributed by atoms with Crippen LogP contribution in [0.15, 0.2) is 36.7 Å². The number of rotatable bonds is 8. The lowest BCUT2D eigenvalue weighted by molar-refractivity contribution is 0.288. The first kappa shape index (κ1) is 15.9. The van der Waals surface area contributed by atoms with E-state index in [9.17, 15) is 0 Å². The number of benzene rings is 1.